The molecule has 0 aliphatic heterocycles. The van der Waals surface area contributed by atoms with E-state index < -0.39 is 15.0 Å². The van der Waals surface area contributed by atoms with Crippen LogP contribution in [-0.2, 0) is 25.4 Å². The summed E-state index contributed by atoms with van der Waals surface area (Å²) in [6.07, 6.45) is 0. The lowest BCUT2D eigenvalue weighted by Crippen LogP contribution is -2.11. The molecule has 0 aliphatic rings. The summed E-state index contributed by atoms with van der Waals surface area (Å²) in [4.78, 5) is 0. The Morgan fingerprint density at radius 3 is 1.05 bits per heavy atom. The van der Waals surface area contributed by atoms with Gasteiger partial charge in [0.2, 0.25) is 0 Å². The maximum Gasteiger partial charge on any atom is 0.521 e. The first-order valence-electron chi connectivity index (χ1n) is 12.5. The lowest BCUT2D eigenvalue weighted by molar-refractivity contribution is 0.394. The Hall–Kier alpha value is -2.48. The van der Waals surface area contributed by atoms with Crippen molar-refractivity contribution in [3.05, 3.63) is 89.5 Å². The maximum atomic E-state index is 14.0. The summed E-state index contributed by atoms with van der Waals surface area (Å²) >= 11 is 0. The Balaban J connectivity index is 1.90. The highest BCUT2D eigenvalue weighted by atomic mass is 32.1. The molecule has 0 heterocycles. The molecule has 3 rings (SSSR count). The molecule has 1 atom stereocenters. The second kappa shape index (κ2) is 10.7. The molecule has 0 spiro atoms. The summed E-state index contributed by atoms with van der Waals surface area (Å²) in [5.74, 6) is 0.941. The van der Waals surface area contributed by atoms with E-state index in [1.807, 2.05) is 36.4 Å². The normalized spacial score (nSPS) is 13.6. The maximum absolute atomic E-state index is 14.0. The zero-order valence-electron chi connectivity index (χ0n) is 23.4. The molecule has 0 N–H and O–H groups in total. The van der Waals surface area contributed by atoms with Gasteiger partial charge in [-0.15, -0.1) is 0 Å². The molecule has 0 fully saturated rings. The third-order valence-electron chi connectivity index (χ3n) is 6.04. The van der Waals surface area contributed by atoms with Gasteiger partial charge in [0, 0.05) is 0 Å². The molecular formula is C30H40O5P2. The predicted molar refractivity (Wildman–Crippen MR) is 154 cm³/mol. The largest absolute Gasteiger partial charge is 0.521 e. The molecule has 0 saturated carbocycles. The van der Waals surface area contributed by atoms with Crippen LogP contribution in [0.15, 0.2) is 72.8 Å². The van der Waals surface area contributed by atoms with Crippen LogP contribution >= 0.6 is 15.0 Å². The highest BCUT2D eigenvalue weighted by molar-refractivity contribution is 8.21. The number of hydrogen-bond acceptors (Lipinski definition) is 5. The number of benzene rings is 3. The summed E-state index contributed by atoms with van der Waals surface area (Å²) in [6.45, 7) is 19.0. The molecule has 0 saturated heterocycles. The standard InChI is InChI=1S/C30H40O5P2/c1-28(2,3)22-10-16-25(17-11-22)33-36(31)37(32,34-26-18-12-23(13-19-26)29(4,5)6)35-27-20-14-24(15-21-27)30(7,8)9/h10-21,36H,1-9H3. The summed E-state index contributed by atoms with van der Waals surface area (Å²) in [5, 5.41) is 0. The van der Waals surface area contributed by atoms with Crippen LogP contribution in [0, 0.1) is 0 Å². The van der Waals surface area contributed by atoms with Crippen molar-refractivity contribution in [2.24, 2.45) is 0 Å². The Labute approximate surface area is 222 Å². The third-order valence-corrected chi connectivity index (χ3v) is 9.96. The number of hydrogen-bond donors (Lipinski definition) is 0. The van der Waals surface area contributed by atoms with Gasteiger partial charge < -0.3 is 13.6 Å². The summed E-state index contributed by atoms with van der Waals surface area (Å²) in [7, 11) is -7.59. The first kappa shape index (κ1) is 29.1. The van der Waals surface area contributed by atoms with E-state index in [9.17, 15) is 9.13 Å². The fourth-order valence-electron chi connectivity index (χ4n) is 3.58. The van der Waals surface area contributed by atoms with Crippen molar-refractivity contribution in [3.8, 4) is 17.2 Å². The van der Waals surface area contributed by atoms with Crippen molar-refractivity contribution in [1.29, 1.82) is 0 Å². The van der Waals surface area contributed by atoms with Crippen molar-refractivity contribution in [3.63, 3.8) is 0 Å². The first-order chi connectivity index (χ1) is 17.0. The highest BCUT2D eigenvalue weighted by Crippen LogP contribution is 2.69. The molecule has 5 nitrogen and oxygen atoms in total. The molecule has 3 aromatic carbocycles. The number of rotatable bonds is 7. The zero-order chi connectivity index (χ0) is 27.6. The molecule has 7 heteroatoms. The van der Waals surface area contributed by atoms with Crippen molar-refractivity contribution >= 4 is 15.0 Å². The molecule has 0 aromatic heterocycles. The Bertz CT molecular complexity index is 1200. The van der Waals surface area contributed by atoms with E-state index in [0.717, 1.165) is 16.7 Å². The SMILES string of the molecule is CC(C)(C)c1ccc(O[PH](=O)P(=O)(Oc2ccc(C(C)(C)C)cc2)Oc2ccc(C(C)(C)C)cc2)cc1. The van der Waals surface area contributed by atoms with Crippen molar-refractivity contribution < 1.29 is 22.7 Å². The van der Waals surface area contributed by atoms with Gasteiger partial charge in [-0.25, -0.2) is 4.57 Å². The van der Waals surface area contributed by atoms with E-state index in [4.69, 9.17) is 13.6 Å². The van der Waals surface area contributed by atoms with Crippen LogP contribution in [0.5, 0.6) is 17.2 Å². The lowest BCUT2D eigenvalue weighted by atomic mass is 9.87. The molecule has 0 bridgehead atoms. The molecule has 200 valence electrons. The summed E-state index contributed by atoms with van der Waals surface area (Å²) in [5.41, 5.74) is 3.15. The average Bonchev–Trinajstić information content (AvgIpc) is 2.78. The van der Waals surface area contributed by atoms with Crippen molar-refractivity contribution in [2.75, 3.05) is 0 Å². The Morgan fingerprint density at radius 1 is 0.514 bits per heavy atom. The minimum absolute atomic E-state index is 0.0380. The highest BCUT2D eigenvalue weighted by Gasteiger charge is 2.39. The van der Waals surface area contributed by atoms with Crippen LogP contribution in [0.1, 0.15) is 79.0 Å². The van der Waals surface area contributed by atoms with Gasteiger partial charge in [0.25, 0.3) is 0 Å². The van der Waals surface area contributed by atoms with Gasteiger partial charge in [-0.2, -0.15) is 0 Å². The van der Waals surface area contributed by atoms with Gasteiger partial charge in [0.05, 0.1) is 0 Å². The molecule has 0 aliphatic carbocycles. The topological polar surface area (TPSA) is 61.8 Å². The molecule has 1 unspecified atom stereocenters. The van der Waals surface area contributed by atoms with Crippen LogP contribution in [0.2, 0.25) is 0 Å². The predicted octanol–water partition coefficient (Wildman–Crippen LogP) is 9.70. The first-order valence-corrected chi connectivity index (χ1v) is 16.2. The quantitative estimate of drug-likeness (QED) is 0.278. The van der Waals surface area contributed by atoms with Gasteiger partial charge in [-0.05, 0) is 69.3 Å². The summed E-state index contributed by atoms with van der Waals surface area (Å²) in [6, 6.07) is 21.7. The van der Waals surface area contributed by atoms with Crippen molar-refractivity contribution in [1.82, 2.24) is 0 Å². The monoisotopic (exact) mass is 542 g/mol. The Kier molecular flexibility index (Phi) is 8.42. The van der Waals surface area contributed by atoms with E-state index in [-0.39, 0.29) is 16.2 Å². The Morgan fingerprint density at radius 2 is 0.784 bits per heavy atom. The average molecular weight is 543 g/mol. The van der Waals surface area contributed by atoms with E-state index in [1.54, 1.807) is 36.4 Å². The van der Waals surface area contributed by atoms with Crippen LogP contribution in [0.3, 0.4) is 0 Å². The van der Waals surface area contributed by atoms with Gasteiger partial charge in [0.15, 0.2) is 0 Å². The molecule has 37 heavy (non-hydrogen) atoms. The van der Waals surface area contributed by atoms with Gasteiger partial charge in [-0.3, -0.25) is 4.57 Å². The second-order valence-electron chi connectivity index (χ2n) is 12.4. The second-order valence-corrected chi connectivity index (χ2v) is 17.2. The fourth-order valence-corrected chi connectivity index (χ4v) is 6.75. The van der Waals surface area contributed by atoms with E-state index >= 15 is 0 Å². The van der Waals surface area contributed by atoms with Crippen LogP contribution in [-0.4, -0.2) is 0 Å². The lowest BCUT2D eigenvalue weighted by Gasteiger charge is -2.23. The smallest absolute Gasteiger partial charge is 0.436 e. The van der Waals surface area contributed by atoms with Crippen molar-refractivity contribution in [2.45, 2.75) is 78.6 Å². The summed E-state index contributed by atoms with van der Waals surface area (Å²) < 4.78 is 44.8. The van der Waals surface area contributed by atoms with Crippen LogP contribution in [0.25, 0.3) is 0 Å². The van der Waals surface area contributed by atoms with Crippen LogP contribution < -0.4 is 13.6 Å². The van der Waals surface area contributed by atoms with Gasteiger partial charge >= 0.3 is 15.0 Å². The fraction of sp³-hybridized carbons (Fsp3) is 0.400. The molecule has 0 amide bonds. The van der Waals surface area contributed by atoms with Gasteiger partial charge in [0.1, 0.15) is 17.2 Å². The van der Waals surface area contributed by atoms with E-state index in [1.165, 1.54) is 0 Å². The van der Waals surface area contributed by atoms with Crippen LogP contribution in [0.4, 0.5) is 0 Å². The van der Waals surface area contributed by atoms with E-state index in [2.05, 4.69) is 62.3 Å². The van der Waals surface area contributed by atoms with Gasteiger partial charge in [-0.1, -0.05) is 98.7 Å². The third kappa shape index (κ3) is 7.76. The zero-order valence-corrected chi connectivity index (χ0v) is 25.3. The molecule has 0 radical (unpaired) electrons. The molecular weight excluding hydrogens is 502 g/mol. The minimum atomic E-state index is -4.25. The minimum Gasteiger partial charge on any atom is -0.436 e. The molecule has 3 aromatic rings. The van der Waals surface area contributed by atoms with E-state index in [0.29, 0.717) is 17.2 Å².